The van der Waals surface area contributed by atoms with Gasteiger partial charge < -0.3 is 4.42 Å². The Kier molecular flexibility index (Phi) is 1.68. The van der Waals surface area contributed by atoms with Crippen molar-refractivity contribution in [3.05, 3.63) is 23.9 Å². The maximum atomic E-state index is 5.01. The van der Waals surface area contributed by atoms with Crippen LogP contribution in [0.25, 0.3) is 6.08 Å². The van der Waals surface area contributed by atoms with Crippen molar-refractivity contribution >= 4 is 6.08 Å². The predicted molar refractivity (Wildman–Crippen MR) is 35.9 cm³/mol. The molecular formula is C7H9NO. The SMILES string of the molecule is C/C=C/c1nc(C)co1. The lowest BCUT2D eigenvalue weighted by Gasteiger charge is -1.75. The van der Waals surface area contributed by atoms with Crippen LogP contribution in [0.15, 0.2) is 16.8 Å². The van der Waals surface area contributed by atoms with Gasteiger partial charge in [-0.05, 0) is 19.9 Å². The number of nitrogens with zero attached hydrogens (tertiary/aromatic N) is 1. The van der Waals surface area contributed by atoms with Crippen molar-refractivity contribution < 1.29 is 4.42 Å². The van der Waals surface area contributed by atoms with Gasteiger partial charge in [0, 0.05) is 0 Å². The van der Waals surface area contributed by atoms with E-state index in [1.165, 1.54) is 0 Å². The van der Waals surface area contributed by atoms with Gasteiger partial charge >= 0.3 is 0 Å². The average Bonchev–Trinajstić information content (AvgIpc) is 2.17. The van der Waals surface area contributed by atoms with Crippen LogP contribution in [0.3, 0.4) is 0 Å². The Morgan fingerprint density at radius 2 is 2.44 bits per heavy atom. The minimum Gasteiger partial charge on any atom is -0.445 e. The van der Waals surface area contributed by atoms with Gasteiger partial charge in [-0.15, -0.1) is 0 Å². The summed E-state index contributed by atoms with van der Waals surface area (Å²) >= 11 is 0. The lowest BCUT2D eigenvalue weighted by atomic mass is 10.5. The van der Waals surface area contributed by atoms with E-state index in [1.807, 2.05) is 26.0 Å². The highest BCUT2D eigenvalue weighted by molar-refractivity contribution is 5.36. The Labute approximate surface area is 54.2 Å². The van der Waals surface area contributed by atoms with Crippen molar-refractivity contribution in [2.24, 2.45) is 0 Å². The third kappa shape index (κ3) is 1.42. The first kappa shape index (κ1) is 6.08. The highest BCUT2D eigenvalue weighted by Gasteiger charge is 1.91. The normalized spacial score (nSPS) is 10.9. The van der Waals surface area contributed by atoms with E-state index in [9.17, 15) is 0 Å². The molecular weight excluding hydrogens is 114 g/mol. The van der Waals surface area contributed by atoms with Crippen LogP contribution in [0.5, 0.6) is 0 Å². The highest BCUT2D eigenvalue weighted by Crippen LogP contribution is 2.01. The van der Waals surface area contributed by atoms with Gasteiger partial charge in [-0.3, -0.25) is 0 Å². The summed E-state index contributed by atoms with van der Waals surface area (Å²) < 4.78 is 5.01. The number of allylic oxidation sites excluding steroid dienone is 1. The monoisotopic (exact) mass is 123 g/mol. The fraction of sp³-hybridized carbons (Fsp3) is 0.286. The molecule has 0 radical (unpaired) electrons. The number of hydrogen-bond acceptors (Lipinski definition) is 2. The third-order valence-electron chi connectivity index (χ3n) is 0.946. The Balaban J connectivity index is 2.85. The van der Waals surface area contributed by atoms with Crippen molar-refractivity contribution in [2.45, 2.75) is 13.8 Å². The van der Waals surface area contributed by atoms with Gasteiger partial charge in [0.05, 0.1) is 5.69 Å². The number of aryl methyl sites for hydroxylation is 1. The van der Waals surface area contributed by atoms with E-state index in [0.29, 0.717) is 5.89 Å². The zero-order valence-corrected chi connectivity index (χ0v) is 5.59. The van der Waals surface area contributed by atoms with Crippen LogP contribution in [0.4, 0.5) is 0 Å². The molecule has 2 heteroatoms. The van der Waals surface area contributed by atoms with Crippen LogP contribution >= 0.6 is 0 Å². The van der Waals surface area contributed by atoms with E-state index in [0.717, 1.165) is 5.69 Å². The van der Waals surface area contributed by atoms with Crippen molar-refractivity contribution in [3.8, 4) is 0 Å². The number of rotatable bonds is 1. The zero-order valence-electron chi connectivity index (χ0n) is 5.59. The Morgan fingerprint density at radius 3 is 2.89 bits per heavy atom. The second-order valence-electron chi connectivity index (χ2n) is 1.83. The topological polar surface area (TPSA) is 26.0 Å². The lowest BCUT2D eigenvalue weighted by Crippen LogP contribution is -1.69. The summed E-state index contributed by atoms with van der Waals surface area (Å²) in [6.07, 6.45) is 5.35. The standard InChI is InChI=1S/C7H9NO/c1-3-4-7-8-6(2)5-9-7/h3-5H,1-2H3/b4-3+. The van der Waals surface area contributed by atoms with E-state index in [2.05, 4.69) is 4.98 Å². The molecule has 0 atom stereocenters. The molecule has 9 heavy (non-hydrogen) atoms. The number of hydrogen-bond donors (Lipinski definition) is 0. The van der Waals surface area contributed by atoms with Gasteiger partial charge in [-0.25, -0.2) is 4.98 Å². The van der Waals surface area contributed by atoms with Crippen LogP contribution in [0.2, 0.25) is 0 Å². The van der Waals surface area contributed by atoms with Gasteiger partial charge in [-0.1, -0.05) is 6.08 Å². The predicted octanol–water partition coefficient (Wildman–Crippen LogP) is 2.02. The summed E-state index contributed by atoms with van der Waals surface area (Å²) in [6, 6.07) is 0. The largest absolute Gasteiger partial charge is 0.445 e. The fourth-order valence-electron chi connectivity index (χ4n) is 0.591. The van der Waals surface area contributed by atoms with Crippen molar-refractivity contribution in [1.82, 2.24) is 4.98 Å². The second kappa shape index (κ2) is 2.49. The molecule has 1 rings (SSSR count). The number of aromatic nitrogens is 1. The first-order valence-electron chi connectivity index (χ1n) is 2.88. The van der Waals surface area contributed by atoms with E-state index >= 15 is 0 Å². The minimum absolute atomic E-state index is 0.676. The molecule has 0 aromatic carbocycles. The molecule has 0 unspecified atom stereocenters. The molecule has 1 heterocycles. The zero-order chi connectivity index (χ0) is 6.69. The van der Waals surface area contributed by atoms with E-state index in [1.54, 1.807) is 6.26 Å². The molecule has 0 fully saturated rings. The molecule has 48 valence electrons. The first-order valence-corrected chi connectivity index (χ1v) is 2.88. The molecule has 0 spiro atoms. The maximum absolute atomic E-state index is 5.01. The van der Waals surface area contributed by atoms with Gasteiger partial charge in [0.1, 0.15) is 6.26 Å². The van der Waals surface area contributed by atoms with Gasteiger partial charge in [0.25, 0.3) is 0 Å². The van der Waals surface area contributed by atoms with E-state index < -0.39 is 0 Å². The summed E-state index contributed by atoms with van der Waals surface area (Å²) in [5.41, 5.74) is 0.920. The summed E-state index contributed by atoms with van der Waals surface area (Å²) in [4.78, 5) is 4.05. The van der Waals surface area contributed by atoms with Gasteiger partial charge in [0.15, 0.2) is 0 Å². The minimum atomic E-state index is 0.676. The molecule has 1 aromatic rings. The molecule has 0 aliphatic rings. The van der Waals surface area contributed by atoms with Gasteiger partial charge in [-0.2, -0.15) is 0 Å². The van der Waals surface area contributed by atoms with Crippen LogP contribution in [-0.4, -0.2) is 4.98 Å². The second-order valence-corrected chi connectivity index (χ2v) is 1.83. The average molecular weight is 123 g/mol. The molecule has 0 saturated heterocycles. The van der Waals surface area contributed by atoms with Crippen LogP contribution < -0.4 is 0 Å². The molecule has 0 saturated carbocycles. The first-order chi connectivity index (χ1) is 4.33. The van der Waals surface area contributed by atoms with E-state index in [4.69, 9.17) is 4.42 Å². The molecule has 0 aliphatic carbocycles. The van der Waals surface area contributed by atoms with Crippen LogP contribution in [-0.2, 0) is 0 Å². The smallest absolute Gasteiger partial charge is 0.218 e. The molecule has 0 amide bonds. The van der Waals surface area contributed by atoms with Gasteiger partial charge in [0.2, 0.25) is 5.89 Å². The van der Waals surface area contributed by atoms with Crippen LogP contribution in [0, 0.1) is 6.92 Å². The molecule has 0 N–H and O–H groups in total. The van der Waals surface area contributed by atoms with Crippen molar-refractivity contribution in [3.63, 3.8) is 0 Å². The van der Waals surface area contributed by atoms with Crippen molar-refractivity contribution in [1.29, 1.82) is 0 Å². The molecule has 1 aromatic heterocycles. The summed E-state index contributed by atoms with van der Waals surface area (Å²) in [5, 5.41) is 0. The molecule has 0 bridgehead atoms. The fourth-order valence-corrected chi connectivity index (χ4v) is 0.591. The Morgan fingerprint density at radius 1 is 1.67 bits per heavy atom. The summed E-state index contributed by atoms with van der Waals surface area (Å²) in [6.45, 7) is 3.83. The Hall–Kier alpha value is -1.05. The summed E-state index contributed by atoms with van der Waals surface area (Å²) in [7, 11) is 0. The highest BCUT2D eigenvalue weighted by atomic mass is 16.3. The third-order valence-corrected chi connectivity index (χ3v) is 0.946. The summed E-state index contributed by atoms with van der Waals surface area (Å²) in [5.74, 6) is 0.676. The quantitative estimate of drug-likeness (QED) is 0.571. The maximum Gasteiger partial charge on any atom is 0.218 e. The van der Waals surface area contributed by atoms with E-state index in [-0.39, 0.29) is 0 Å². The lowest BCUT2D eigenvalue weighted by molar-refractivity contribution is 0.545. The Bertz CT molecular complexity index is 212. The van der Waals surface area contributed by atoms with Crippen LogP contribution in [0.1, 0.15) is 18.5 Å². The molecule has 0 aliphatic heterocycles. The number of oxazole rings is 1. The molecule has 2 nitrogen and oxygen atoms in total. The van der Waals surface area contributed by atoms with Crippen molar-refractivity contribution in [2.75, 3.05) is 0 Å².